The molecule has 1 N–H and O–H groups in total. The van der Waals surface area contributed by atoms with Gasteiger partial charge in [0.25, 0.3) is 0 Å². The Balaban J connectivity index is 2.01. The first-order valence-corrected chi connectivity index (χ1v) is 10.2. The number of rotatable bonds is 6. The number of carbonyl (C=O) groups excluding carboxylic acids is 1. The van der Waals surface area contributed by atoms with E-state index in [4.69, 9.17) is 4.52 Å². The normalized spacial score (nSPS) is 12.4. The van der Waals surface area contributed by atoms with Gasteiger partial charge in [0, 0.05) is 11.1 Å². The quantitative estimate of drug-likeness (QED) is 0.827. The van der Waals surface area contributed by atoms with Crippen LogP contribution < -0.4 is 5.32 Å². The highest BCUT2D eigenvalue weighted by molar-refractivity contribution is 7.91. The monoisotopic (exact) mass is 379 g/mol. The first kappa shape index (κ1) is 20.1. The lowest BCUT2D eigenvalue weighted by molar-refractivity contribution is -0.113. The van der Waals surface area contributed by atoms with Crippen LogP contribution in [0, 0.1) is 0 Å². The van der Waals surface area contributed by atoms with Crippen molar-refractivity contribution in [1.82, 2.24) is 10.1 Å². The van der Waals surface area contributed by atoms with Gasteiger partial charge < -0.3 is 9.84 Å². The highest BCUT2D eigenvalue weighted by atomic mass is 32.2. The third-order valence-electron chi connectivity index (χ3n) is 3.67. The van der Waals surface area contributed by atoms with Crippen LogP contribution in [0.1, 0.15) is 57.8 Å². The van der Waals surface area contributed by atoms with Crippen molar-refractivity contribution >= 4 is 21.4 Å². The fourth-order valence-electron chi connectivity index (χ4n) is 2.23. The number of sulfone groups is 1. The second kappa shape index (κ2) is 7.57. The van der Waals surface area contributed by atoms with E-state index < -0.39 is 27.3 Å². The lowest BCUT2D eigenvalue weighted by Gasteiger charge is -2.11. The van der Waals surface area contributed by atoms with E-state index in [1.54, 1.807) is 6.07 Å². The van der Waals surface area contributed by atoms with Gasteiger partial charge in [0.1, 0.15) is 11.5 Å². The topological polar surface area (TPSA) is 102 Å². The van der Waals surface area contributed by atoms with Crippen LogP contribution in [0.4, 0.5) is 5.69 Å². The molecule has 0 atom stereocenters. The van der Waals surface area contributed by atoms with E-state index in [0.717, 1.165) is 5.56 Å². The minimum atomic E-state index is -3.72. The molecule has 0 fully saturated rings. The summed E-state index contributed by atoms with van der Waals surface area (Å²) in [5, 5.41) is 6.42. The van der Waals surface area contributed by atoms with Gasteiger partial charge in [-0.3, -0.25) is 4.79 Å². The van der Waals surface area contributed by atoms with Gasteiger partial charge in [-0.1, -0.05) is 51.9 Å². The van der Waals surface area contributed by atoms with E-state index in [0.29, 0.717) is 17.4 Å². The molecule has 1 heterocycles. The minimum absolute atomic E-state index is 0.00969. The lowest BCUT2D eigenvalue weighted by Crippen LogP contribution is -2.24. The second-order valence-corrected chi connectivity index (χ2v) is 9.69. The largest absolute Gasteiger partial charge is 0.338 e. The van der Waals surface area contributed by atoms with Gasteiger partial charge in [0.2, 0.25) is 11.8 Å². The van der Waals surface area contributed by atoms with Gasteiger partial charge in [-0.05, 0) is 23.6 Å². The zero-order valence-corrected chi connectivity index (χ0v) is 16.6. The number of nitrogens with one attached hydrogen (secondary N) is 1. The standard InChI is InChI=1S/C18H25N3O4S/c1-12(2)13-7-6-8-14(9-13)19-15(22)10-26(23,24)11-16-20-17(21-25-16)18(3,4)5/h6-9,12H,10-11H2,1-5H3,(H,19,22). The third kappa shape index (κ3) is 5.66. The number of hydrogen-bond donors (Lipinski definition) is 1. The summed E-state index contributed by atoms with van der Waals surface area (Å²) >= 11 is 0. The van der Waals surface area contributed by atoms with Gasteiger partial charge in [-0.2, -0.15) is 4.98 Å². The summed E-state index contributed by atoms with van der Waals surface area (Å²) in [6.45, 7) is 9.78. The van der Waals surface area contributed by atoms with Gasteiger partial charge in [0.05, 0.1) is 0 Å². The fourth-order valence-corrected chi connectivity index (χ4v) is 3.30. The van der Waals surface area contributed by atoms with Crippen LogP contribution in [0.2, 0.25) is 0 Å². The SMILES string of the molecule is CC(C)c1cccc(NC(=O)CS(=O)(=O)Cc2nc(C(C)(C)C)no2)c1. The van der Waals surface area contributed by atoms with Crippen molar-refractivity contribution in [3.63, 3.8) is 0 Å². The molecular weight excluding hydrogens is 354 g/mol. The molecule has 0 spiro atoms. The van der Waals surface area contributed by atoms with Crippen LogP contribution in [0.25, 0.3) is 0 Å². The maximum atomic E-state index is 12.2. The molecule has 0 saturated heterocycles. The summed E-state index contributed by atoms with van der Waals surface area (Å²) in [5.74, 6) is -0.976. The zero-order chi connectivity index (χ0) is 19.5. The average molecular weight is 379 g/mol. The molecule has 0 radical (unpaired) electrons. The fraction of sp³-hybridized carbons (Fsp3) is 0.500. The summed E-state index contributed by atoms with van der Waals surface area (Å²) in [4.78, 5) is 16.2. The number of benzene rings is 1. The van der Waals surface area contributed by atoms with Gasteiger partial charge in [-0.15, -0.1) is 0 Å². The molecule has 26 heavy (non-hydrogen) atoms. The van der Waals surface area contributed by atoms with Crippen LogP contribution in [-0.4, -0.2) is 30.2 Å². The highest BCUT2D eigenvalue weighted by Crippen LogP contribution is 2.20. The van der Waals surface area contributed by atoms with E-state index in [1.807, 2.05) is 52.8 Å². The molecule has 0 unspecified atom stereocenters. The molecule has 1 amide bonds. The maximum Gasteiger partial charge on any atom is 0.241 e. The molecule has 7 nitrogen and oxygen atoms in total. The lowest BCUT2D eigenvalue weighted by atomic mass is 9.96. The van der Waals surface area contributed by atoms with Crippen LogP contribution >= 0.6 is 0 Å². The molecule has 0 saturated carbocycles. The van der Waals surface area contributed by atoms with Gasteiger partial charge >= 0.3 is 0 Å². The van der Waals surface area contributed by atoms with Crippen LogP contribution in [0.3, 0.4) is 0 Å². The average Bonchev–Trinajstić information content (AvgIpc) is 2.94. The van der Waals surface area contributed by atoms with Crippen molar-refractivity contribution < 1.29 is 17.7 Å². The molecule has 0 aliphatic carbocycles. The molecule has 0 bridgehead atoms. The summed E-state index contributed by atoms with van der Waals surface area (Å²) < 4.78 is 29.5. The number of nitrogens with zero attached hydrogens (tertiary/aromatic N) is 2. The van der Waals surface area contributed by atoms with Crippen LogP contribution in [0.5, 0.6) is 0 Å². The van der Waals surface area contributed by atoms with Gasteiger partial charge in [0.15, 0.2) is 15.7 Å². The highest BCUT2D eigenvalue weighted by Gasteiger charge is 2.25. The Kier molecular flexibility index (Phi) is 5.85. The van der Waals surface area contributed by atoms with E-state index in [2.05, 4.69) is 15.5 Å². The maximum absolute atomic E-state index is 12.2. The molecular formula is C18H25N3O4S. The molecule has 1 aromatic heterocycles. The molecule has 142 valence electrons. The van der Waals surface area contributed by atoms with Gasteiger partial charge in [-0.25, -0.2) is 8.42 Å². The molecule has 8 heteroatoms. The molecule has 1 aromatic carbocycles. The number of aromatic nitrogens is 2. The predicted molar refractivity (Wildman–Crippen MR) is 99.6 cm³/mol. The smallest absolute Gasteiger partial charge is 0.241 e. The van der Waals surface area contributed by atoms with E-state index in [9.17, 15) is 13.2 Å². The molecule has 0 aliphatic heterocycles. The number of amides is 1. The van der Waals surface area contributed by atoms with E-state index in [1.165, 1.54) is 0 Å². The summed E-state index contributed by atoms with van der Waals surface area (Å²) in [5.41, 5.74) is 1.29. The van der Waals surface area contributed by atoms with Crippen molar-refractivity contribution in [3.05, 3.63) is 41.5 Å². The first-order chi connectivity index (χ1) is 12.0. The molecule has 2 aromatic rings. The number of anilines is 1. The Morgan fingerprint density at radius 2 is 1.96 bits per heavy atom. The van der Waals surface area contributed by atoms with Crippen molar-refractivity contribution in [2.75, 3.05) is 11.1 Å². The Morgan fingerprint density at radius 1 is 1.27 bits per heavy atom. The molecule has 0 aliphatic rings. The number of hydrogen-bond acceptors (Lipinski definition) is 6. The zero-order valence-electron chi connectivity index (χ0n) is 15.7. The Morgan fingerprint density at radius 3 is 2.54 bits per heavy atom. The molecule has 2 rings (SSSR count). The summed E-state index contributed by atoms with van der Waals surface area (Å²) in [6.07, 6.45) is 0. The third-order valence-corrected chi connectivity index (χ3v) is 5.06. The first-order valence-electron chi connectivity index (χ1n) is 8.39. The van der Waals surface area contributed by atoms with Crippen molar-refractivity contribution in [3.8, 4) is 0 Å². The van der Waals surface area contributed by atoms with Crippen molar-refractivity contribution in [2.45, 2.75) is 51.7 Å². The van der Waals surface area contributed by atoms with Crippen LogP contribution in [-0.2, 0) is 25.8 Å². The van der Waals surface area contributed by atoms with E-state index in [-0.39, 0.29) is 11.3 Å². The second-order valence-electron chi connectivity index (χ2n) is 7.62. The summed E-state index contributed by atoms with van der Waals surface area (Å²) in [6, 6.07) is 7.35. The number of carbonyl (C=O) groups is 1. The van der Waals surface area contributed by atoms with E-state index >= 15 is 0 Å². The van der Waals surface area contributed by atoms with Crippen LogP contribution in [0.15, 0.2) is 28.8 Å². The van der Waals surface area contributed by atoms with Crippen molar-refractivity contribution in [1.29, 1.82) is 0 Å². The minimum Gasteiger partial charge on any atom is -0.338 e. The Hall–Kier alpha value is -2.22. The Bertz CT molecular complexity index is 880. The Labute approximate surface area is 154 Å². The predicted octanol–water partition coefficient (Wildman–Crippen LogP) is 3.04. The van der Waals surface area contributed by atoms with Crippen molar-refractivity contribution in [2.24, 2.45) is 0 Å². The summed E-state index contributed by atoms with van der Waals surface area (Å²) in [7, 11) is -3.72.